The molecule has 4 heteroatoms. The molecule has 2 rings (SSSR count). The van der Waals surface area contributed by atoms with E-state index < -0.39 is 0 Å². The number of nitrogens with zero attached hydrogens (tertiary/aromatic N) is 1. The minimum absolute atomic E-state index is 0.0377. The fraction of sp³-hybridized carbons (Fsp3) is 0.353. The van der Waals surface area contributed by atoms with Crippen LogP contribution in [0, 0.1) is 0 Å². The molecule has 21 heavy (non-hydrogen) atoms. The second kappa shape index (κ2) is 7.53. The van der Waals surface area contributed by atoms with E-state index in [1.807, 2.05) is 44.3 Å². The Morgan fingerprint density at radius 3 is 2.86 bits per heavy atom. The fourth-order valence-corrected chi connectivity index (χ4v) is 2.24. The normalized spacial score (nSPS) is 15.3. The Morgan fingerprint density at radius 2 is 2.14 bits per heavy atom. The zero-order valence-electron chi connectivity index (χ0n) is 12.6. The maximum atomic E-state index is 11.8. The first-order valence-electron chi connectivity index (χ1n) is 7.18. The molecule has 0 aliphatic carbocycles. The van der Waals surface area contributed by atoms with Crippen molar-refractivity contribution in [2.75, 3.05) is 13.6 Å². The Labute approximate surface area is 126 Å². The van der Waals surface area contributed by atoms with Crippen molar-refractivity contribution in [1.29, 1.82) is 0 Å². The van der Waals surface area contributed by atoms with Gasteiger partial charge in [0, 0.05) is 25.8 Å². The van der Waals surface area contributed by atoms with Gasteiger partial charge < -0.3 is 15.0 Å². The number of alkyl carbamates (subject to hydrolysis) is 1. The smallest absolute Gasteiger partial charge is 0.407 e. The predicted molar refractivity (Wildman–Crippen MR) is 83.7 cm³/mol. The van der Waals surface area contributed by atoms with Crippen molar-refractivity contribution in [2.45, 2.75) is 26.0 Å². The molecule has 1 N–H and O–H groups in total. The number of carbonyl (C=O) groups excluding carboxylic acids is 1. The molecule has 112 valence electrons. The third kappa shape index (κ3) is 5.34. The van der Waals surface area contributed by atoms with Gasteiger partial charge >= 0.3 is 6.09 Å². The van der Waals surface area contributed by atoms with Gasteiger partial charge in [-0.25, -0.2) is 4.79 Å². The van der Waals surface area contributed by atoms with Crippen LogP contribution in [-0.2, 0) is 11.3 Å². The average molecular weight is 286 g/mol. The van der Waals surface area contributed by atoms with E-state index in [9.17, 15) is 4.79 Å². The van der Waals surface area contributed by atoms with Crippen LogP contribution in [0.1, 0.15) is 18.9 Å². The SMILES string of the molecule is CC(CC1=CN(C)CC=C1)NC(=O)OCc1ccccc1. The van der Waals surface area contributed by atoms with Crippen LogP contribution in [0.15, 0.2) is 54.3 Å². The van der Waals surface area contributed by atoms with E-state index in [1.165, 1.54) is 5.57 Å². The minimum atomic E-state index is -0.375. The van der Waals surface area contributed by atoms with Crippen molar-refractivity contribution in [3.8, 4) is 0 Å². The standard InChI is InChI=1S/C17H22N2O2/c1-14(11-16-9-6-10-19(2)12-16)18-17(20)21-13-15-7-4-3-5-8-15/h3-9,12,14H,10-11,13H2,1-2H3,(H,18,20). The predicted octanol–water partition coefficient (Wildman–Crippen LogP) is 3.08. The molecule has 0 saturated carbocycles. The molecule has 0 aromatic heterocycles. The van der Waals surface area contributed by atoms with E-state index in [0.29, 0.717) is 6.61 Å². The number of hydrogen-bond donors (Lipinski definition) is 1. The van der Waals surface area contributed by atoms with E-state index in [2.05, 4.69) is 28.6 Å². The first kappa shape index (κ1) is 15.2. The average Bonchev–Trinajstić information content (AvgIpc) is 2.46. The second-order valence-electron chi connectivity index (χ2n) is 5.36. The summed E-state index contributed by atoms with van der Waals surface area (Å²) in [7, 11) is 2.04. The highest BCUT2D eigenvalue weighted by molar-refractivity contribution is 5.67. The van der Waals surface area contributed by atoms with Gasteiger partial charge in [0.05, 0.1) is 0 Å². The minimum Gasteiger partial charge on any atom is -0.445 e. The Bertz CT molecular complexity index is 523. The summed E-state index contributed by atoms with van der Waals surface area (Å²) < 4.78 is 5.21. The molecule has 0 spiro atoms. The number of allylic oxidation sites excluding steroid dienone is 1. The molecule has 4 nitrogen and oxygen atoms in total. The van der Waals surface area contributed by atoms with Crippen LogP contribution in [-0.4, -0.2) is 30.6 Å². The lowest BCUT2D eigenvalue weighted by molar-refractivity contribution is 0.136. The Balaban J connectivity index is 1.73. The topological polar surface area (TPSA) is 41.6 Å². The maximum absolute atomic E-state index is 11.8. The third-order valence-electron chi connectivity index (χ3n) is 3.23. The molecule has 1 unspecified atom stereocenters. The summed E-state index contributed by atoms with van der Waals surface area (Å²) in [5, 5.41) is 2.86. The molecule has 1 aliphatic rings. The third-order valence-corrected chi connectivity index (χ3v) is 3.23. The number of benzene rings is 1. The monoisotopic (exact) mass is 286 g/mol. The highest BCUT2D eigenvalue weighted by Gasteiger charge is 2.11. The van der Waals surface area contributed by atoms with Crippen molar-refractivity contribution < 1.29 is 9.53 Å². The molecular formula is C17H22N2O2. The summed E-state index contributed by atoms with van der Waals surface area (Å²) in [5.41, 5.74) is 2.19. The Hall–Kier alpha value is -2.23. The highest BCUT2D eigenvalue weighted by Crippen LogP contribution is 2.12. The molecule has 1 aliphatic heterocycles. The van der Waals surface area contributed by atoms with Crippen LogP contribution in [0.25, 0.3) is 0 Å². The van der Waals surface area contributed by atoms with Crippen molar-refractivity contribution in [2.24, 2.45) is 0 Å². The van der Waals surface area contributed by atoms with Crippen LogP contribution in [0.3, 0.4) is 0 Å². The van der Waals surface area contributed by atoms with E-state index in [-0.39, 0.29) is 12.1 Å². The highest BCUT2D eigenvalue weighted by atomic mass is 16.5. The second-order valence-corrected chi connectivity index (χ2v) is 5.36. The van der Waals surface area contributed by atoms with Gasteiger partial charge in [0.2, 0.25) is 0 Å². The first-order valence-corrected chi connectivity index (χ1v) is 7.18. The number of rotatable bonds is 5. The maximum Gasteiger partial charge on any atom is 0.407 e. The van der Waals surface area contributed by atoms with E-state index in [0.717, 1.165) is 18.5 Å². The summed E-state index contributed by atoms with van der Waals surface area (Å²) in [5.74, 6) is 0. The van der Waals surface area contributed by atoms with Gasteiger partial charge in [-0.15, -0.1) is 0 Å². The fourth-order valence-electron chi connectivity index (χ4n) is 2.24. The van der Waals surface area contributed by atoms with Crippen molar-refractivity contribution >= 4 is 6.09 Å². The molecule has 0 saturated heterocycles. The van der Waals surface area contributed by atoms with Gasteiger partial charge in [0.1, 0.15) is 6.61 Å². The quantitative estimate of drug-likeness (QED) is 0.904. The summed E-state index contributed by atoms with van der Waals surface area (Å²) in [6.45, 7) is 3.21. The number of amides is 1. The summed E-state index contributed by atoms with van der Waals surface area (Å²) in [4.78, 5) is 13.9. The van der Waals surface area contributed by atoms with E-state index >= 15 is 0 Å². The lowest BCUT2D eigenvalue weighted by atomic mass is 10.1. The number of hydrogen-bond acceptors (Lipinski definition) is 3. The first-order chi connectivity index (χ1) is 10.1. The number of nitrogens with one attached hydrogen (secondary N) is 1. The largest absolute Gasteiger partial charge is 0.445 e. The number of likely N-dealkylation sites (N-methyl/N-ethyl adjacent to an activating group) is 1. The van der Waals surface area contributed by atoms with Gasteiger partial charge in [-0.05, 0) is 24.5 Å². The summed E-state index contributed by atoms with van der Waals surface area (Å²) in [6, 6.07) is 9.70. The van der Waals surface area contributed by atoms with Crippen molar-refractivity contribution in [3.05, 3.63) is 59.8 Å². The molecule has 1 aromatic carbocycles. The molecular weight excluding hydrogens is 264 g/mol. The van der Waals surface area contributed by atoms with E-state index in [4.69, 9.17) is 4.74 Å². The molecule has 0 fully saturated rings. The Morgan fingerprint density at radius 1 is 1.38 bits per heavy atom. The van der Waals surface area contributed by atoms with Crippen LogP contribution in [0.4, 0.5) is 4.79 Å². The number of ether oxygens (including phenoxy) is 1. The molecule has 0 bridgehead atoms. The van der Waals surface area contributed by atoms with Crippen LogP contribution >= 0.6 is 0 Å². The summed E-state index contributed by atoms with van der Waals surface area (Å²) >= 11 is 0. The van der Waals surface area contributed by atoms with Gasteiger partial charge in [-0.3, -0.25) is 0 Å². The zero-order valence-corrected chi connectivity index (χ0v) is 12.6. The lowest BCUT2D eigenvalue weighted by Gasteiger charge is -2.20. The summed E-state index contributed by atoms with van der Waals surface area (Å²) in [6.07, 6.45) is 6.75. The van der Waals surface area contributed by atoms with Crippen LogP contribution in [0.5, 0.6) is 0 Å². The van der Waals surface area contributed by atoms with Crippen molar-refractivity contribution in [1.82, 2.24) is 10.2 Å². The van der Waals surface area contributed by atoms with Crippen LogP contribution < -0.4 is 5.32 Å². The van der Waals surface area contributed by atoms with Gasteiger partial charge in [0.25, 0.3) is 0 Å². The van der Waals surface area contributed by atoms with Crippen molar-refractivity contribution in [3.63, 3.8) is 0 Å². The van der Waals surface area contributed by atoms with Gasteiger partial charge in [0.15, 0.2) is 0 Å². The molecule has 1 aromatic rings. The zero-order chi connectivity index (χ0) is 15.1. The lowest BCUT2D eigenvalue weighted by Crippen LogP contribution is -2.33. The molecule has 1 amide bonds. The van der Waals surface area contributed by atoms with Gasteiger partial charge in [-0.1, -0.05) is 42.5 Å². The molecule has 1 atom stereocenters. The molecule has 1 heterocycles. The number of carbonyl (C=O) groups is 1. The van der Waals surface area contributed by atoms with Crippen LogP contribution in [0.2, 0.25) is 0 Å². The Kier molecular flexibility index (Phi) is 5.43. The van der Waals surface area contributed by atoms with Gasteiger partial charge in [-0.2, -0.15) is 0 Å². The van der Waals surface area contributed by atoms with E-state index in [1.54, 1.807) is 0 Å². The molecule has 0 radical (unpaired) electrons.